The smallest absolute Gasteiger partial charge is 0.317 e. The van der Waals surface area contributed by atoms with Crippen LogP contribution in [0.1, 0.15) is 33.1 Å². The molecule has 18 heavy (non-hydrogen) atoms. The molecule has 0 radical (unpaired) electrons. The minimum Gasteiger partial charge on any atom is -0.436 e. The lowest BCUT2D eigenvalue weighted by Gasteiger charge is -2.42. The molecule has 0 aromatic heterocycles. The third-order valence-corrected chi connectivity index (χ3v) is 13.1. The molecule has 0 heterocycles. The van der Waals surface area contributed by atoms with Crippen molar-refractivity contribution in [1.82, 2.24) is 0 Å². The van der Waals surface area contributed by atoms with Crippen molar-refractivity contribution in [2.24, 2.45) is 0 Å². The molecule has 0 bridgehead atoms. The Balaban J connectivity index is 4.90. The Morgan fingerprint density at radius 2 is 1.22 bits per heavy atom. The fraction of sp³-hybridized carbons (Fsp3) is 1.00. The van der Waals surface area contributed by atoms with Crippen LogP contribution < -0.4 is 0 Å². The van der Waals surface area contributed by atoms with Gasteiger partial charge < -0.3 is 8.23 Å². The first-order valence-corrected chi connectivity index (χ1v) is 16.5. The van der Waals surface area contributed by atoms with Gasteiger partial charge >= 0.3 is 8.56 Å². The van der Waals surface area contributed by atoms with Crippen molar-refractivity contribution in [3.05, 3.63) is 0 Å². The highest BCUT2D eigenvalue weighted by Gasteiger charge is 2.44. The molecule has 1 atom stereocenters. The maximum atomic E-state index is 6.55. The van der Waals surface area contributed by atoms with Crippen LogP contribution in [0.2, 0.25) is 51.4 Å². The lowest BCUT2D eigenvalue weighted by molar-refractivity contribution is 0.360. The zero-order chi connectivity index (χ0) is 14.6. The van der Waals surface area contributed by atoms with Crippen LogP contribution in [0.5, 0.6) is 0 Å². The Kier molecular flexibility index (Phi) is 7.05. The topological polar surface area (TPSA) is 18.5 Å². The van der Waals surface area contributed by atoms with Gasteiger partial charge in [-0.2, -0.15) is 0 Å². The van der Waals surface area contributed by atoms with Gasteiger partial charge in [-0.1, -0.05) is 26.7 Å². The van der Waals surface area contributed by atoms with Crippen LogP contribution in [0.3, 0.4) is 0 Å². The van der Waals surface area contributed by atoms with E-state index in [2.05, 4.69) is 59.7 Å². The van der Waals surface area contributed by atoms with E-state index in [1.807, 2.05) is 0 Å². The van der Waals surface area contributed by atoms with Gasteiger partial charge in [0.1, 0.15) is 0 Å². The van der Waals surface area contributed by atoms with E-state index in [4.69, 9.17) is 8.23 Å². The SMILES string of the molecule is CCCCC(C)[Si](C)(O[Si](C)(C)C)O[Si](C)(C)C. The van der Waals surface area contributed by atoms with Crippen molar-refractivity contribution < 1.29 is 8.23 Å². The van der Waals surface area contributed by atoms with Crippen molar-refractivity contribution in [2.75, 3.05) is 0 Å². The molecule has 0 aliphatic carbocycles. The van der Waals surface area contributed by atoms with Gasteiger partial charge in [-0.25, -0.2) is 0 Å². The van der Waals surface area contributed by atoms with Gasteiger partial charge in [0.15, 0.2) is 16.6 Å². The molecule has 0 aromatic carbocycles. The first-order valence-electron chi connectivity index (χ1n) is 7.30. The molecule has 0 N–H and O–H groups in total. The van der Waals surface area contributed by atoms with Crippen molar-refractivity contribution in [1.29, 1.82) is 0 Å². The predicted molar refractivity (Wildman–Crippen MR) is 89.4 cm³/mol. The molecule has 110 valence electrons. The minimum atomic E-state index is -2.04. The molecule has 1 unspecified atom stereocenters. The van der Waals surface area contributed by atoms with Crippen molar-refractivity contribution in [3.8, 4) is 0 Å². The van der Waals surface area contributed by atoms with Gasteiger partial charge in [-0.15, -0.1) is 0 Å². The van der Waals surface area contributed by atoms with Crippen LogP contribution in [0.4, 0.5) is 0 Å². The van der Waals surface area contributed by atoms with Gasteiger partial charge in [0.25, 0.3) is 0 Å². The van der Waals surface area contributed by atoms with Crippen LogP contribution in [-0.2, 0) is 8.23 Å². The van der Waals surface area contributed by atoms with E-state index in [-0.39, 0.29) is 0 Å². The Morgan fingerprint density at radius 1 is 0.833 bits per heavy atom. The second-order valence-corrected chi connectivity index (χ2v) is 20.6. The highest BCUT2D eigenvalue weighted by atomic mass is 28.5. The molecule has 0 aliphatic heterocycles. The Hall–Kier alpha value is 0.571. The summed E-state index contributed by atoms with van der Waals surface area (Å²) in [5.74, 6) is 0. The molecule has 0 aliphatic rings. The normalized spacial score (nSPS) is 15.8. The van der Waals surface area contributed by atoms with Crippen molar-refractivity contribution in [2.45, 2.75) is 84.5 Å². The lowest BCUT2D eigenvalue weighted by Crippen LogP contribution is -2.54. The van der Waals surface area contributed by atoms with Gasteiger partial charge in [-0.3, -0.25) is 0 Å². The largest absolute Gasteiger partial charge is 0.436 e. The summed E-state index contributed by atoms with van der Waals surface area (Å²) in [6.07, 6.45) is 3.79. The Bertz CT molecular complexity index is 228. The molecular formula is C13H34O2Si3. The van der Waals surface area contributed by atoms with E-state index in [1.165, 1.54) is 19.3 Å². The molecule has 0 fully saturated rings. The van der Waals surface area contributed by atoms with E-state index in [9.17, 15) is 0 Å². The van der Waals surface area contributed by atoms with Crippen molar-refractivity contribution in [3.63, 3.8) is 0 Å². The number of hydrogen-bond donors (Lipinski definition) is 0. The van der Waals surface area contributed by atoms with Gasteiger partial charge in [-0.05, 0) is 57.8 Å². The second kappa shape index (κ2) is 6.83. The first kappa shape index (κ1) is 18.6. The van der Waals surface area contributed by atoms with E-state index >= 15 is 0 Å². The highest BCUT2D eigenvalue weighted by Crippen LogP contribution is 2.33. The van der Waals surface area contributed by atoms with Gasteiger partial charge in [0.05, 0.1) is 0 Å². The summed E-state index contributed by atoms with van der Waals surface area (Å²) in [5.41, 5.74) is 0.593. The third kappa shape index (κ3) is 7.89. The third-order valence-electron chi connectivity index (χ3n) is 2.90. The summed E-state index contributed by atoms with van der Waals surface area (Å²) in [5, 5.41) is 0. The minimum absolute atomic E-state index is 0.593. The number of unbranched alkanes of at least 4 members (excludes halogenated alkanes) is 1. The van der Waals surface area contributed by atoms with Crippen molar-refractivity contribution >= 4 is 25.2 Å². The molecule has 2 nitrogen and oxygen atoms in total. The molecule has 0 rings (SSSR count). The summed E-state index contributed by atoms with van der Waals surface area (Å²) in [6, 6.07) is 0. The molecule has 0 spiro atoms. The lowest BCUT2D eigenvalue weighted by atomic mass is 10.2. The monoisotopic (exact) mass is 306 g/mol. The molecule has 0 saturated carbocycles. The van der Waals surface area contributed by atoms with E-state index in [0.717, 1.165) is 0 Å². The standard InChI is InChI=1S/C13H34O2Si3/c1-10-11-12-13(2)18(9,14-16(3,4)5)15-17(6,7)8/h13H,10-12H2,1-9H3. The summed E-state index contributed by atoms with van der Waals surface area (Å²) < 4.78 is 13.1. The fourth-order valence-corrected chi connectivity index (χ4v) is 14.8. The first-order chi connectivity index (χ1) is 7.90. The van der Waals surface area contributed by atoms with Crippen LogP contribution in [0, 0.1) is 0 Å². The molecule has 5 heteroatoms. The molecule has 0 aromatic rings. The predicted octanol–water partition coefficient (Wildman–Crippen LogP) is 5.34. The van der Waals surface area contributed by atoms with E-state index in [1.54, 1.807) is 0 Å². The number of rotatable bonds is 8. The van der Waals surface area contributed by atoms with E-state index < -0.39 is 25.2 Å². The zero-order valence-electron chi connectivity index (χ0n) is 14.0. The Labute approximate surface area is 118 Å². The molecule has 0 saturated heterocycles. The summed E-state index contributed by atoms with van der Waals surface area (Å²) in [7, 11) is -5.11. The average Bonchev–Trinajstić information content (AvgIpc) is 2.07. The van der Waals surface area contributed by atoms with Gasteiger partial charge in [0.2, 0.25) is 0 Å². The van der Waals surface area contributed by atoms with Crippen LogP contribution >= 0.6 is 0 Å². The molecule has 0 amide bonds. The fourth-order valence-electron chi connectivity index (χ4n) is 2.21. The summed E-state index contributed by atoms with van der Waals surface area (Å²) >= 11 is 0. The van der Waals surface area contributed by atoms with Gasteiger partial charge in [0, 0.05) is 0 Å². The summed E-state index contributed by atoms with van der Waals surface area (Å²) in [6.45, 7) is 20.5. The number of hydrogen-bond acceptors (Lipinski definition) is 2. The molecular weight excluding hydrogens is 272 g/mol. The second-order valence-electron chi connectivity index (χ2n) is 7.49. The maximum Gasteiger partial charge on any atom is 0.317 e. The summed E-state index contributed by atoms with van der Waals surface area (Å²) in [4.78, 5) is 0. The highest BCUT2D eigenvalue weighted by molar-refractivity contribution is 6.88. The zero-order valence-corrected chi connectivity index (χ0v) is 17.0. The quantitative estimate of drug-likeness (QED) is 0.563. The maximum absolute atomic E-state index is 6.55. The van der Waals surface area contributed by atoms with Crippen LogP contribution in [-0.4, -0.2) is 25.2 Å². The van der Waals surface area contributed by atoms with E-state index in [0.29, 0.717) is 5.54 Å². The van der Waals surface area contributed by atoms with Crippen LogP contribution in [0.25, 0.3) is 0 Å². The average molecular weight is 307 g/mol. The Morgan fingerprint density at radius 3 is 1.50 bits per heavy atom. The van der Waals surface area contributed by atoms with Crippen LogP contribution in [0.15, 0.2) is 0 Å².